The smallest absolute Gasteiger partial charge is 0.352 e. The molecule has 0 unspecified atom stereocenters. The summed E-state index contributed by atoms with van der Waals surface area (Å²) >= 11 is 3.21. The number of imidazole rings is 1. The lowest BCUT2D eigenvalue weighted by Crippen LogP contribution is -2.75. The average molecular weight is 654 g/mol. The number of carbonyl (C=O) groups excluding carboxylic acids is 2. The summed E-state index contributed by atoms with van der Waals surface area (Å²) in [5, 5.41) is 21.4. The Morgan fingerprint density at radius 1 is 1.16 bits per heavy atom. The number of β-lactam (4-membered cyclic amide) rings is 1. The second-order valence-corrected chi connectivity index (χ2v) is 15.3. The van der Waals surface area contributed by atoms with Crippen LogP contribution in [0.25, 0.3) is 10.4 Å². The summed E-state index contributed by atoms with van der Waals surface area (Å²) < 4.78 is 6.23. The third-order valence-electron chi connectivity index (χ3n) is 10.7. The molecule has 4 atom stereocenters. The number of primary amides is 1. The van der Waals surface area contributed by atoms with E-state index in [9.17, 15) is 24.6 Å². The van der Waals surface area contributed by atoms with E-state index in [4.69, 9.17) is 5.73 Å². The maximum absolute atomic E-state index is 12.8. The number of hydrogen-bond donors (Lipinski definition) is 3. The Bertz CT molecular complexity index is 1740. The van der Waals surface area contributed by atoms with Gasteiger partial charge in [-0.05, 0) is 24.8 Å². The van der Waals surface area contributed by atoms with Crippen LogP contribution in [-0.4, -0.2) is 110 Å². The highest BCUT2D eigenvalue weighted by Gasteiger charge is 2.60. The molecule has 7 heterocycles. The second kappa shape index (κ2) is 10.9. The molecule has 4 fully saturated rings. The Hall–Kier alpha value is -3.23. The molecule has 4 saturated heterocycles. The Morgan fingerprint density at radius 3 is 2.44 bits per heavy atom. The third-order valence-corrected chi connectivity index (χ3v) is 12.8. The number of hydrogen-bond acceptors (Lipinski definition) is 6. The fraction of sp³-hybridized carbons (Fsp3) is 0.500. The number of aliphatic carboxylic acids is 1. The zero-order valence-corrected chi connectivity index (χ0v) is 27.5. The van der Waals surface area contributed by atoms with Crippen LogP contribution in [0.5, 0.6) is 0 Å². The zero-order valence-electron chi connectivity index (χ0n) is 25.9. The zero-order chi connectivity index (χ0) is 31.8. The van der Waals surface area contributed by atoms with Crippen LogP contribution in [-0.2, 0) is 27.5 Å². The van der Waals surface area contributed by atoms with Crippen LogP contribution >= 0.6 is 23.1 Å². The largest absolute Gasteiger partial charge is 0.477 e. The molecule has 0 aliphatic carbocycles. The van der Waals surface area contributed by atoms with Gasteiger partial charge in [-0.2, -0.15) is 4.40 Å². The number of aliphatic hydroxyl groups excluding tert-OH is 1. The Labute approximate surface area is 270 Å². The molecule has 1 aromatic carbocycles. The van der Waals surface area contributed by atoms with E-state index in [1.807, 2.05) is 13.1 Å². The lowest BCUT2D eigenvalue weighted by Gasteiger charge is -2.55. The molecular weight excluding hydrogens is 613 g/mol. The Kier molecular flexibility index (Phi) is 7.40. The highest BCUT2D eigenvalue weighted by molar-refractivity contribution is 7.98. The molecule has 5 aliphatic heterocycles. The van der Waals surface area contributed by atoms with Gasteiger partial charge in [0, 0.05) is 17.1 Å². The molecule has 0 radical (unpaired) electrons. The van der Waals surface area contributed by atoms with Gasteiger partial charge in [0.05, 0.1) is 22.9 Å². The summed E-state index contributed by atoms with van der Waals surface area (Å²) in [6.45, 7) is 12.0. The molecular formula is C32H41N6O5S2+3. The van der Waals surface area contributed by atoms with Gasteiger partial charge in [-0.1, -0.05) is 48.2 Å². The fourth-order valence-electron chi connectivity index (χ4n) is 8.43. The SMILES string of the molecule is CSc1c2sc(C3=C(C(=O)O)N4C(=O)[C@H]([C@@H](C)O)[C@H]4[C@H]3C)cn2c[n+]1Cc1cccc(C[N+]23CC[N+](CC(N)=O)(CC2)CC3)c1. The highest BCUT2D eigenvalue weighted by atomic mass is 32.2. The van der Waals surface area contributed by atoms with E-state index < -0.39 is 18.0 Å². The van der Waals surface area contributed by atoms with Crippen LogP contribution in [0.15, 0.2) is 47.5 Å². The number of carboxylic acid groups (broad SMARTS) is 1. The van der Waals surface area contributed by atoms with Crippen LogP contribution < -0.4 is 10.3 Å². The van der Waals surface area contributed by atoms with Gasteiger partial charge in [-0.25, -0.2) is 9.36 Å². The number of piperazine rings is 3. The van der Waals surface area contributed by atoms with Gasteiger partial charge in [-0.3, -0.25) is 9.59 Å². The highest BCUT2D eigenvalue weighted by Crippen LogP contribution is 2.51. The molecule has 4 N–H and O–H groups in total. The van der Waals surface area contributed by atoms with Crippen molar-refractivity contribution in [3.05, 3.63) is 58.5 Å². The number of nitrogens with two attached hydrogens (primary N) is 1. The van der Waals surface area contributed by atoms with E-state index in [1.165, 1.54) is 16.0 Å². The molecule has 3 aromatic rings. The number of benzene rings is 1. The summed E-state index contributed by atoms with van der Waals surface area (Å²) in [5.41, 5.74) is 8.82. The van der Waals surface area contributed by atoms with Crippen LogP contribution in [0.1, 0.15) is 29.9 Å². The summed E-state index contributed by atoms with van der Waals surface area (Å²) in [7, 11) is 0. The Morgan fingerprint density at radius 2 is 1.82 bits per heavy atom. The van der Waals surface area contributed by atoms with Gasteiger partial charge in [0.15, 0.2) is 6.54 Å². The molecule has 11 nitrogen and oxygen atoms in total. The van der Waals surface area contributed by atoms with Crippen molar-refractivity contribution in [1.82, 2.24) is 9.30 Å². The fourth-order valence-corrected chi connectivity index (χ4v) is 10.6. The number of amides is 2. The molecule has 238 valence electrons. The average Bonchev–Trinajstić information content (AvgIpc) is 3.60. The normalized spacial score (nSPS) is 29.7. The third kappa shape index (κ3) is 4.91. The van der Waals surface area contributed by atoms with Gasteiger partial charge >= 0.3 is 5.97 Å². The van der Waals surface area contributed by atoms with Gasteiger partial charge in [0.2, 0.25) is 15.8 Å². The molecule has 45 heavy (non-hydrogen) atoms. The predicted molar refractivity (Wildman–Crippen MR) is 170 cm³/mol. The number of carbonyl (C=O) groups is 3. The number of quaternary nitrogens is 2. The number of aliphatic hydroxyl groups is 1. The maximum atomic E-state index is 12.8. The predicted octanol–water partition coefficient (Wildman–Crippen LogP) is 1.36. The van der Waals surface area contributed by atoms with Crippen LogP contribution in [0, 0.1) is 11.8 Å². The van der Waals surface area contributed by atoms with Crippen LogP contribution in [0.3, 0.4) is 0 Å². The number of fused-ring (bicyclic) bond motifs is 5. The second-order valence-electron chi connectivity index (χ2n) is 13.5. The van der Waals surface area contributed by atoms with Crippen molar-refractivity contribution in [2.75, 3.05) is 52.1 Å². The molecule has 5 aliphatic rings. The first kappa shape index (κ1) is 30.4. The minimum Gasteiger partial charge on any atom is -0.477 e. The van der Waals surface area contributed by atoms with Crippen molar-refractivity contribution in [2.45, 2.75) is 44.1 Å². The number of aromatic nitrogens is 2. The monoisotopic (exact) mass is 653 g/mol. The summed E-state index contributed by atoms with van der Waals surface area (Å²) in [4.78, 5) is 40.1. The lowest BCUT2D eigenvalue weighted by atomic mass is 9.77. The summed E-state index contributed by atoms with van der Waals surface area (Å²) in [6, 6.07) is 8.52. The van der Waals surface area contributed by atoms with E-state index in [0.717, 1.165) is 69.5 Å². The van der Waals surface area contributed by atoms with E-state index in [0.29, 0.717) is 18.7 Å². The summed E-state index contributed by atoms with van der Waals surface area (Å²) in [5.74, 6) is -2.41. The van der Waals surface area contributed by atoms with Crippen molar-refractivity contribution in [3.63, 3.8) is 0 Å². The van der Waals surface area contributed by atoms with Gasteiger partial charge in [0.1, 0.15) is 64.3 Å². The topological polar surface area (TPSA) is 129 Å². The van der Waals surface area contributed by atoms with E-state index in [-0.39, 0.29) is 29.5 Å². The Balaban J connectivity index is 1.12. The van der Waals surface area contributed by atoms with Crippen LogP contribution in [0.2, 0.25) is 0 Å². The van der Waals surface area contributed by atoms with Crippen molar-refractivity contribution >= 4 is 51.3 Å². The summed E-state index contributed by atoms with van der Waals surface area (Å²) in [6.07, 6.45) is 5.28. The molecule has 2 amide bonds. The molecule has 2 aromatic heterocycles. The number of thioether (sulfide) groups is 1. The maximum Gasteiger partial charge on any atom is 0.352 e. The number of thiazole rings is 1. The van der Waals surface area contributed by atoms with Gasteiger partial charge < -0.3 is 29.8 Å². The van der Waals surface area contributed by atoms with Crippen molar-refractivity contribution in [3.8, 4) is 0 Å². The number of rotatable bonds is 10. The standard InChI is InChI=1S/C32H39N6O5S2/c1-19-25(28(32(42)43)36-27(19)26(20(2)39)29(36)41)23-15-35-18-34(30(44-3)31(35)45-23)14-21-5-4-6-22(13-21)16-37-7-10-38(11-8-37,12-9-37)17-24(33)40/h4-6,13,15,18-20,26-27,39H,7-12,14,16-17H2,1-3H3,(H-2,33,40,42,43)/q+1/p+2/t19-,20+,26+,27+,37?,38?/m0/s1. The van der Waals surface area contributed by atoms with E-state index in [2.05, 4.69) is 45.8 Å². The molecule has 13 heteroatoms. The van der Waals surface area contributed by atoms with Crippen molar-refractivity contribution in [2.24, 2.45) is 17.6 Å². The van der Waals surface area contributed by atoms with Crippen molar-refractivity contribution in [1.29, 1.82) is 0 Å². The minimum absolute atomic E-state index is 0.0422. The quantitative estimate of drug-likeness (QED) is 0.131. The number of carboxylic acids is 1. The van der Waals surface area contributed by atoms with E-state index in [1.54, 1.807) is 30.0 Å². The van der Waals surface area contributed by atoms with Crippen molar-refractivity contribution < 1.29 is 38.1 Å². The molecule has 0 spiro atoms. The molecule has 8 rings (SSSR count). The lowest BCUT2D eigenvalue weighted by molar-refractivity contribution is -1.08. The minimum atomic E-state index is -1.11. The van der Waals surface area contributed by atoms with Crippen LogP contribution in [0.4, 0.5) is 0 Å². The first-order chi connectivity index (χ1) is 21.4. The van der Waals surface area contributed by atoms with E-state index >= 15 is 0 Å². The molecule has 2 bridgehead atoms. The number of nitrogens with zero attached hydrogens (tertiary/aromatic N) is 5. The van der Waals surface area contributed by atoms with Gasteiger partial charge in [0.25, 0.3) is 12.2 Å². The first-order valence-electron chi connectivity index (χ1n) is 15.6. The van der Waals surface area contributed by atoms with Gasteiger partial charge in [-0.15, -0.1) is 0 Å². The molecule has 0 saturated carbocycles. The first-order valence-corrected chi connectivity index (χ1v) is 17.6.